The number of rotatable bonds is 6. The number of urea groups is 1. The van der Waals surface area contributed by atoms with E-state index in [-0.39, 0.29) is 25.2 Å². The van der Waals surface area contributed by atoms with E-state index in [4.69, 9.17) is 0 Å². The van der Waals surface area contributed by atoms with Crippen molar-refractivity contribution in [3.63, 3.8) is 0 Å². The first-order valence-corrected chi connectivity index (χ1v) is 9.13. The molecule has 140 valence electrons. The molecule has 1 saturated heterocycles. The Morgan fingerprint density at radius 1 is 1.21 bits per heavy atom. The number of halogens is 2. The minimum absolute atomic E-state index is 0.00761. The molecule has 1 atom stereocenters. The summed E-state index contributed by atoms with van der Waals surface area (Å²) in [7, 11) is 0. The molecule has 2 aliphatic rings. The van der Waals surface area contributed by atoms with Gasteiger partial charge in [-0.2, -0.15) is 0 Å². The van der Waals surface area contributed by atoms with Crippen molar-refractivity contribution in [2.45, 2.75) is 69.9 Å². The number of piperidine rings is 1. The Morgan fingerprint density at radius 2 is 1.83 bits per heavy atom. The first-order chi connectivity index (χ1) is 11.4. The average molecular weight is 347 g/mol. The van der Waals surface area contributed by atoms with Crippen molar-refractivity contribution in [2.75, 3.05) is 26.2 Å². The number of alkyl halides is 2. The number of nitrogens with zero attached hydrogens (tertiary/aromatic N) is 1. The molecular formula is C17H31F2N3O2. The number of nitrogens with one attached hydrogen (secondary N) is 2. The Balaban J connectivity index is 1.77. The van der Waals surface area contributed by atoms with Gasteiger partial charge in [-0.1, -0.05) is 19.3 Å². The van der Waals surface area contributed by atoms with Crippen molar-refractivity contribution in [1.29, 1.82) is 0 Å². The van der Waals surface area contributed by atoms with Crippen molar-refractivity contribution in [2.24, 2.45) is 5.92 Å². The van der Waals surface area contributed by atoms with Gasteiger partial charge in [0.15, 0.2) is 0 Å². The Labute approximate surface area is 143 Å². The zero-order chi connectivity index (χ0) is 17.6. The zero-order valence-corrected chi connectivity index (χ0v) is 14.6. The third-order valence-electron chi connectivity index (χ3n) is 5.55. The molecule has 0 radical (unpaired) electrons. The maximum Gasteiger partial charge on any atom is 0.315 e. The van der Waals surface area contributed by atoms with Gasteiger partial charge in [0, 0.05) is 19.1 Å². The van der Waals surface area contributed by atoms with Crippen LogP contribution in [0.3, 0.4) is 0 Å². The Hall–Kier alpha value is -0.950. The molecule has 2 amide bonds. The molecule has 2 fully saturated rings. The topological polar surface area (TPSA) is 64.6 Å². The van der Waals surface area contributed by atoms with E-state index in [0.29, 0.717) is 31.8 Å². The summed E-state index contributed by atoms with van der Waals surface area (Å²) in [5.41, 5.74) is -0.596. The van der Waals surface area contributed by atoms with Crippen molar-refractivity contribution in [3.05, 3.63) is 0 Å². The van der Waals surface area contributed by atoms with Crippen LogP contribution in [0.4, 0.5) is 13.6 Å². The average Bonchev–Trinajstić information content (AvgIpc) is 2.57. The van der Waals surface area contributed by atoms with Crippen LogP contribution in [0.1, 0.15) is 51.9 Å². The van der Waals surface area contributed by atoms with Crippen LogP contribution >= 0.6 is 0 Å². The molecule has 0 unspecified atom stereocenters. The molecular weight excluding hydrogens is 316 g/mol. The second kappa shape index (κ2) is 8.94. The lowest BCUT2D eigenvalue weighted by molar-refractivity contribution is 0.0725. The zero-order valence-electron chi connectivity index (χ0n) is 14.6. The fourth-order valence-electron chi connectivity index (χ4n) is 3.95. The van der Waals surface area contributed by atoms with Crippen LogP contribution in [0.25, 0.3) is 0 Å². The quantitative estimate of drug-likeness (QED) is 0.691. The van der Waals surface area contributed by atoms with Gasteiger partial charge in [0.2, 0.25) is 0 Å². The van der Waals surface area contributed by atoms with Gasteiger partial charge in [0.1, 0.15) is 0 Å². The number of likely N-dealkylation sites (tertiary alicyclic amines) is 1. The summed E-state index contributed by atoms with van der Waals surface area (Å²) in [6.45, 7) is 2.80. The van der Waals surface area contributed by atoms with E-state index in [1.165, 1.54) is 6.42 Å². The molecule has 1 aliphatic carbocycles. The number of amides is 2. The summed E-state index contributed by atoms with van der Waals surface area (Å²) in [5.74, 6) is 0.301. The third kappa shape index (κ3) is 5.55. The van der Waals surface area contributed by atoms with Crippen molar-refractivity contribution < 1.29 is 18.7 Å². The highest BCUT2D eigenvalue weighted by atomic mass is 19.3. The predicted molar refractivity (Wildman–Crippen MR) is 89.2 cm³/mol. The fraction of sp³-hybridized carbons (Fsp3) is 0.941. The molecule has 24 heavy (non-hydrogen) atoms. The lowest BCUT2D eigenvalue weighted by Crippen LogP contribution is -2.59. The lowest BCUT2D eigenvalue weighted by Gasteiger charge is -2.40. The maximum atomic E-state index is 12.4. The van der Waals surface area contributed by atoms with Gasteiger partial charge < -0.3 is 15.7 Å². The van der Waals surface area contributed by atoms with Crippen LogP contribution in [0.15, 0.2) is 0 Å². The van der Waals surface area contributed by atoms with E-state index in [0.717, 1.165) is 25.7 Å². The molecule has 0 spiro atoms. The first-order valence-electron chi connectivity index (χ1n) is 9.13. The molecule has 7 heteroatoms. The molecule has 0 aromatic carbocycles. The highest BCUT2D eigenvalue weighted by molar-refractivity contribution is 5.75. The van der Waals surface area contributed by atoms with Gasteiger partial charge in [0.25, 0.3) is 6.43 Å². The van der Waals surface area contributed by atoms with Crippen molar-refractivity contribution in [3.8, 4) is 0 Å². The van der Waals surface area contributed by atoms with Crippen LogP contribution in [0.2, 0.25) is 0 Å². The van der Waals surface area contributed by atoms with Crippen LogP contribution < -0.4 is 10.6 Å². The lowest BCUT2D eigenvalue weighted by atomic mass is 9.76. The van der Waals surface area contributed by atoms with E-state index in [1.807, 2.05) is 6.92 Å². The van der Waals surface area contributed by atoms with E-state index in [2.05, 4.69) is 10.6 Å². The van der Waals surface area contributed by atoms with Crippen molar-refractivity contribution in [1.82, 2.24) is 15.5 Å². The Morgan fingerprint density at radius 3 is 2.38 bits per heavy atom. The summed E-state index contributed by atoms with van der Waals surface area (Å²) in [5, 5.41) is 15.7. The molecule has 2 rings (SSSR count). The summed E-state index contributed by atoms with van der Waals surface area (Å²) in [6.07, 6.45) is 4.63. The fourth-order valence-corrected chi connectivity index (χ4v) is 3.95. The molecule has 1 heterocycles. The van der Waals surface area contributed by atoms with Gasteiger partial charge in [-0.15, -0.1) is 0 Å². The van der Waals surface area contributed by atoms with E-state index in [9.17, 15) is 18.7 Å². The molecule has 3 N–H and O–H groups in total. The Kier molecular flexibility index (Phi) is 7.22. The second-order valence-electron chi connectivity index (χ2n) is 7.47. The third-order valence-corrected chi connectivity index (χ3v) is 5.55. The number of aliphatic hydroxyl groups is 1. The molecule has 1 saturated carbocycles. The van der Waals surface area contributed by atoms with Gasteiger partial charge in [-0.3, -0.25) is 4.90 Å². The smallest absolute Gasteiger partial charge is 0.315 e. The number of hydrogen-bond donors (Lipinski definition) is 3. The van der Waals surface area contributed by atoms with Gasteiger partial charge in [-0.25, -0.2) is 13.6 Å². The minimum Gasteiger partial charge on any atom is -0.394 e. The SMILES string of the molecule is C[C@@](CO)(NC(=O)NC1CCN(CC(F)F)CC1)C1CCCCC1. The normalized spacial score (nSPS) is 23.9. The van der Waals surface area contributed by atoms with Crippen LogP contribution in [0, 0.1) is 5.92 Å². The summed E-state index contributed by atoms with van der Waals surface area (Å²) >= 11 is 0. The van der Waals surface area contributed by atoms with Crippen LogP contribution in [-0.4, -0.2) is 60.3 Å². The van der Waals surface area contributed by atoms with Gasteiger partial charge in [-0.05, 0) is 38.5 Å². The summed E-state index contributed by atoms with van der Waals surface area (Å²) in [6, 6.07) is -0.252. The van der Waals surface area contributed by atoms with Gasteiger partial charge in [0.05, 0.1) is 18.7 Å². The standard InChI is InChI=1S/C17H31F2N3O2/c1-17(12-23,13-5-3-2-4-6-13)21-16(24)20-14-7-9-22(10-8-14)11-15(18)19/h13-15,23H,2-12H2,1H3,(H2,20,21,24)/t17-/m0/s1. The predicted octanol–water partition coefficient (Wildman–Crippen LogP) is 2.35. The molecule has 1 aliphatic heterocycles. The van der Waals surface area contributed by atoms with Crippen molar-refractivity contribution >= 4 is 6.03 Å². The van der Waals surface area contributed by atoms with E-state index >= 15 is 0 Å². The molecule has 0 aromatic rings. The minimum atomic E-state index is -2.31. The first kappa shape index (κ1) is 19.4. The highest BCUT2D eigenvalue weighted by Crippen LogP contribution is 2.32. The largest absolute Gasteiger partial charge is 0.394 e. The van der Waals surface area contributed by atoms with Gasteiger partial charge >= 0.3 is 6.03 Å². The molecule has 0 bridgehead atoms. The molecule has 5 nitrogen and oxygen atoms in total. The number of carbonyl (C=O) groups is 1. The monoisotopic (exact) mass is 347 g/mol. The Bertz CT molecular complexity index is 397. The van der Waals surface area contributed by atoms with Crippen LogP contribution in [-0.2, 0) is 0 Å². The van der Waals surface area contributed by atoms with E-state index in [1.54, 1.807) is 4.90 Å². The van der Waals surface area contributed by atoms with Crippen LogP contribution in [0.5, 0.6) is 0 Å². The molecule has 0 aromatic heterocycles. The summed E-state index contributed by atoms with van der Waals surface area (Å²) in [4.78, 5) is 14.1. The maximum absolute atomic E-state index is 12.4. The highest BCUT2D eigenvalue weighted by Gasteiger charge is 2.36. The number of hydrogen-bond acceptors (Lipinski definition) is 3. The number of carbonyl (C=O) groups excluding carboxylic acids is 1. The second-order valence-corrected chi connectivity index (χ2v) is 7.47. The number of aliphatic hydroxyl groups excluding tert-OH is 1. The van der Waals surface area contributed by atoms with E-state index < -0.39 is 12.0 Å². The summed E-state index contributed by atoms with van der Waals surface area (Å²) < 4.78 is 24.8.